The van der Waals surface area contributed by atoms with Gasteiger partial charge in [0.25, 0.3) is 0 Å². The molecule has 0 spiro atoms. The molecule has 0 fully saturated rings. The summed E-state index contributed by atoms with van der Waals surface area (Å²) in [6, 6.07) is 4.59. The summed E-state index contributed by atoms with van der Waals surface area (Å²) < 4.78 is 23.1. The average Bonchev–Trinajstić information content (AvgIpc) is 2.78. The highest BCUT2D eigenvalue weighted by Crippen LogP contribution is 2.35. The molecule has 0 N–H and O–H groups in total. The summed E-state index contributed by atoms with van der Waals surface area (Å²) in [5, 5.41) is 1.98. The molecule has 1 nitrogen and oxygen atoms in total. The van der Waals surface area contributed by atoms with E-state index in [0.29, 0.717) is 29.2 Å². The van der Waals surface area contributed by atoms with E-state index in [2.05, 4.69) is 0 Å². The van der Waals surface area contributed by atoms with Crippen molar-refractivity contribution in [1.82, 2.24) is 0 Å². The van der Waals surface area contributed by atoms with Gasteiger partial charge in [-0.2, -0.15) is 0 Å². The van der Waals surface area contributed by atoms with Crippen molar-refractivity contribution in [2.75, 3.05) is 0 Å². The minimum Gasteiger partial charge on any atom is -0.217 e. The second-order valence-electron chi connectivity index (χ2n) is 6.86. The molecule has 2 heteroatoms. The lowest BCUT2D eigenvalue weighted by Crippen LogP contribution is -2.16. The predicted molar refractivity (Wildman–Crippen MR) is 83.8 cm³/mol. The molecule has 102 valence electrons. The molecule has 0 saturated carbocycles. The van der Waals surface area contributed by atoms with Gasteiger partial charge in [0.15, 0.2) is 0 Å². The Morgan fingerprint density at radius 1 is 1.00 bits per heavy atom. The maximum Gasteiger partial charge on any atom is 0.335 e. The Balaban J connectivity index is 2.87. The number of hydrogen-bond acceptors (Lipinski definition) is 1. The topological polar surface area (TPSA) is 11.3 Å². The standard InChI is InChI=1S/C17H23OS/c1-16(2,3)14-10-12(13-8-7-9-19-13)11-15(18-14)17(4,5)6/h7-11H,1-6H3/q+1/i10D,11D. The minimum absolute atomic E-state index is 0.267. The lowest BCUT2D eigenvalue weighted by molar-refractivity contribution is 0.329. The van der Waals surface area contributed by atoms with Crippen LogP contribution in [0.1, 0.15) is 55.8 Å². The predicted octanol–water partition coefficient (Wildman–Crippen LogP) is 5.88. The Morgan fingerprint density at radius 3 is 1.89 bits per heavy atom. The third-order valence-electron chi connectivity index (χ3n) is 2.81. The fourth-order valence-corrected chi connectivity index (χ4v) is 2.32. The van der Waals surface area contributed by atoms with Crippen LogP contribution in [0.5, 0.6) is 0 Å². The summed E-state index contributed by atoms with van der Waals surface area (Å²) >= 11 is 1.56. The fourth-order valence-electron chi connectivity index (χ4n) is 1.64. The molecule has 0 atom stereocenters. The summed E-state index contributed by atoms with van der Waals surface area (Å²) in [4.78, 5) is 0.955. The highest BCUT2D eigenvalue weighted by Gasteiger charge is 2.34. The molecule has 2 heterocycles. The van der Waals surface area contributed by atoms with Crippen LogP contribution in [-0.4, -0.2) is 0 Å². The maximum atomic E-state index is 8.51. The van der Waals surface area contributed by atoms with Gasteiger partial charge in [0.05, 0.1) is 13.6 Å². The van der Waals surface area contributed by atoms with Crippen LogP contribution in [-0.2, 0) is 10.8 Å². The number of hydrogen-bond donors (Lipinski definition) is 0. The zero-order chi connectivity index (χ0) is 16.0. The third kappa shape index (κ3) is 3.24. The Bertz CT molecular complexity index is 609. The molecule has 19 heavy (non-hydrogen) atoms. The van der Waals surface area contributed by atoms with Gasteiger partial charge in [-0.25, -0.2) is 4.42 Å². The Hall–Kier alpha value is -1.15. The smallest absolute Gasteiger partial charge is 0.217 e. The summed E-state index contributed by atoms with van der Waals surface area (Å²) in [6.07, 6.45) is 0. The molecule has 0 aliphatic heterocycles. The quantitative estimate of drug-likeness (QED) is 0.592. The first-order chi connectivity index (χ1) is 9.53. The van der Waals surface area contributed by atoms with E-state index in [0.717, 1.165) is 4.88 Å². The van der Waals surface area contributed by atoms with Crippen molar-refractivity contribution in [2.24, 2.45) is 0 Å². The first-order valence-electron chi connectivity index (χ1n) is 7.55. The summed E-state index contributed by atoms with van der Waals surface area (Å²) in [5.74, 6) is 1.29. The molecule has 0 radical (unpaired) electrons. The SMILES string of the molecule is [2H]c1c(C(C)(C)C)[o+]c(C(C)(C)C)c([2H])c1-c1cccs1. The second kappa shape index (κ2) is 4.75. The summed E-state index contributed by atoms with van der Waals surface area (Å²) in [6.45, 7) is 12.2. The molecule has 2 aromatic rings. The second-order valence-corrected chi connectivity index (χ2v) is 7.81. The van der Waals surface area contributed by atoms with Gasteiger partial charge in [-0.3, -0.25) is 0 Å². The van der Waals surface area contributed by atoms with Gasteiger partial charge >= 0.3 is 11.5 Å². The molecule has 0 aliphatic rings. The van der Waals surface area contributed by atoms with E-state index >= 15 is 0 Å². The molecule has 2 aromatic heterocycles. The van der Waals surface area contributed by atoms with Crippen molar-refractivity contribution >= 4 is 11.3 Å². The van der Waals surface area contributed by atoms with Gasteiger partial charge in [-0.1, -0.05) is 6.07 Å². The molecule has 0 saturated heterocycles. The van der Waals surface area contributed by atoms with Gasteiger partial charge in [0, 0.05) is 22.5 Å². The van der Waals surface area contributed by atoms with Crippen molar-refractivity contribution in [3.05, 3.63) is 41.1 Å². The number of rotatable bonds is 1. The van der Waals surface area contributed by atoms with Crippen molar-refractivity contribution in [2.45, 2.75) is 52.4 Å². The maximum absolute atomic E-state index is 8.51. The lowest BCUT2D eigenvalue weighted by Gasteiger charge is -2.14. The van der Waals surface area contributed by atoms with Gasteiger partial charge in [-0.05, 0) is 53.0 Å². The zero-order valence-electron chi connectivity index (χ0n) is 14.5. The van der Waals surface area contributed by atoms with Crippen LogP contribution in [0.15, 0.2) is 34.0 Å². The summed E-state index contributed by atoms with van der Waals surface area (Å²) in [5.41, 5.74) is 0.152. The van der Waals surface area contributed by atoms with Crippen molar-refractivity contribution in [1.29, 1.82) is 0 Å². The average molecular weight is 277 g/mol. The van der Waals surface area contributed by atoms with E-state index in [1.165, 1.54) is 0 Å². The minimum atomic E-state index is -0.267. The van der Waals surface area contributed by atoms with E-state index in [1.54, 1.807) is 11.3 Å². The zero-order valence-corrected chi connectivity index (χ0v) is 13.4. The van der Waals surface area contributed by atoms with Crippen LogP contribution < -0.4 is 0 Å². The van der Waals surface area contributed by atoms with Gasteiger partial charge in [0.2, 0.25) is 0 Å². The molecule has 0 aromatic carbocycles. The lowest BCUT2D eigenvalue weighted by atomic mass is 9.88. The summed E-state index contributed by atoms with van der Waals surface area (Å²) in [7, 11) is 0. The van der Waals surface area contributed by atoms with Crippen LogP contribution in [0.4, 0.5) is 0 Å². The van der Waals surface area contributed by atoms with Crippen LogP contribution >= 0.6 is 11.3 Å². The Kier molecular flexibility index (Phi) is 2.92. The van der Waals surface area contributed by atoms with E-state index in [1.807, 2.05) is 59.1 Å². The molecule has 0 amide bonds. The van der Waals surface area contributed by atoms with Crippen molar-refractivity contribution in [3.8, 4) is 10.4 Å². The van der Waals surface area contributed by atoms with Crippen LogP contribution in [0.25, 0.3) is 10.4 Å². The van der Waals surface area contributed by atoms with Crippen molar-refractivity contribution in [3.63, 3.8) is 0 Å². The van der Waals surface area contributed by atoms with E-state index in [-0.39, 0.29) is 10.8 Å². The molecule has 0 aliphatic carbocycles. The highest BCUT2D eigenvalue weighted by molar-refractivity contribution is 7.13. The van der Waals surface area contributed by atoms with E-state index in [4.69, 9.17) is 7.16 Å². The fraction of sp³-hybridized carbons (Fsp3) is 0.471. The molecule has 2 rings (SSSR count). The van der Waals surface area contributed by atoms with E-state index in [9.17, 15) is 0 Å². The largest absolute Gasteiger partial charge is 0.335 e. The van der Waals surface area contributed by atoms with Gasteiger partial charge in [-0.15, -0.1) is 11.3 Å². The Morgan fingerprint density at radius 2 is 1.53 bits per heavy atom. The molecular weight excluding hydrogens is 252 g/mol. The van der Waals surface area contributed by atoms with Gasteiger partial charge < -0.3 is 0 Å². The molecule has 0 unspecified atom stereocenters. The third-order valence-corrected chi connectivity index (χ3v) is 3.70. The first-order valence-corrected chi connectivity index (χ1v) is 7.43. The van der Waals surface area contributed by atoms with Gasteiger partial charge in [0.1, 0.15) is 0 Å². The highest BCUT2D eigenvalue weighted by atomic mass is 32.1. The Labute approximate surface area is 123 Å². The van der Waals surface area contributed by atoms with E-state index < -0.39 is 0 Å². The van der Waals surface area contributed by atoms with Crippen LogP contribution in [0, 0.1) is 0 Å². The number of thiophene rings is 1. The molecule has 0 bridgehead atoms. The van der Waals surface area contributed by atoms with Crippen LogP contribution in [0.3, 0.4) is 0 Å². The van der Waals surface area contributed by atoms with Crippen LogP contribution in [0.2, 0.25) is 0 Å². The normalized spacial score (nSPS) is 14.2. The monoisotopic (exact) mass is 277 g/mol. The van der Waals surface area contributed by atoms with Crippen molar-refractivity contribution < 1.29 is 7.16 Å². The molecular formula is C17H23OS+. The first kappa shape index (κ1) is 11.7.